The molecule has 0 unspecified atom stereocenters. The highest BCUT2D eigenvalue weighted by molar-refractivity contribution is 5.94. The quantitative estimate of drug-likeness (QED) is 0.506. The maximum atomic E-state index is 12.4. The molecular weight excluding hydrogens is 362 g/mol. The Labute approximate surface area is 169 Å². The number of benzene rings is 3. The van der Waals surface area contributed by atoms with Crippen molar-refractivity contribution in [2.24, 2.45) is 0 Å². The first-order valence-electron chi connectivity index (χ1n) is 9.49. The zero-order chi connectivity index (χ0) is 19.9. The van der Waals surface area contributed by atoms with Crippen molar-refractivity contribution in [2.75, 3.05) is 6.54 Å². The molecule has 0 radical (unpaired) electrons. The van der Waals surface area contributed by atoms with Crippen LogP contribution >= 0.6 is 0 Å². The molecule has 0 fully saturated rings. The van der Waals surface area contributed by atoms with Crippen LogP contribution in [0.3, 0.4) is 0 Å². The minimum Gasteiger partial charge on any atom is -0.457 e. The first-order chi connectivity index (χ1) is 14.3. The third-order valence-electron chi connectivity index (χ3n) is 4.43. The van der Waals surface area contributed by atoms with Crippen LogP contribution in [0.15, 0.2) is 97.2 Å². The second-order valence-corrected chi connectivity index (χ2v) is 6.53. The molecule has 0 aliphatic rings. The number of nitrogens with zero attached hydrogens (tertiary/aromatic N) is 2. The molecule has 1 N–H and O–H groups in total. The van der Waals surface area contributed by atoms with Gasteiger partial charge in [-0.15, -0.1) is 0 Å². The summed E-state index contributed by atoms with van der Waals surface area (Å²) in [5.41, 5.74) is 2.54. The number of hydrogen-bond donors (Lipinski definition) is 1. The fourth-order valence-electron chi connectivity index (χ4n) is 2.92. The Morgan fingerprint density at radius 2 is 1.48 bits per heavy atom. The molecule has 5 nitrogen and oxygen atoms in total. The molecule has 1 heterocycles. The zero-order valence-electron chi connectivity index (χ0n) is 15.9. The Kier molecular flexibility index (Phi) is 5.67. The highest BCUT2D eigenvalue weighted by Gasteiger charge is 2.07. The molecule has 0 aliphatic carbocycles. The van der Waals surface area contributed by atoms with Gasteiger partial charge in [-0.05, 0) is 54.6 Å². The lowest BCUT2D eigenvalue weighted by Gasteiger charge is -2.07. The van der Waals surface area contributed by atoms with E-state index in [4.69, 9.17) is 4.74 Å². The third-order valence-corrected chi connectivity index (χ3v) is 4.43. The SMILES string of the molecule is O=C(NCCc1ccn(-c2ccccc2)n1)c1ccc(Oc2ccccc2)cc1. The van der Waals surface area contributed by atoms with Crippen molar-refractivity contribution < 1.29 is 9.53 Å². The molecule has 0 saturated carbocycles. The van der Waals surface area contributed by atoms with Gasteiger partial charge in [-0.25, -0.2) is 4.68 Å². The van der Waals surface area contributed by atoms with Crippen LogP contribution < -0.4 is 10.1 Å². The molecule has 0 aliphatic heterocycles. The smallest absolute Gasteiger partial charge is 0.251 e. The summed E-state index contributed by atoms with van der Waals surface area (Å²) in [6.07, 6.45) is 2.60. The van der Waals surface area contributed by atoms with Crippen LogP contribution in [0.5, 0.6) is 11.5 Å². The van der Waals surface area contributed by atoms with Gasteiger partial charge in [0.1, 0.15) is 11.5 Å². The number of amides is 1. The molecule has 5 heteroatoms. The topological polar surface area (TPSA) is 56.2 Å². The Bertz CT molecular complexity index is 1060. The van der Waals surface area contributed by atoms with Gasteiger partial charge in [0.2, 0.25) is 0 Å². The molecule has 0 spiro atoms. The number of carbonyl (C=O) groups excluding carboxylic acids is 1. The van der Waals surface area contributed by atoms with E-state index >= 15 is 0 Å². The molecular formula is C24H21N3O2. The van der Waals surface area contributed by atoms with Crippen molar-refractivity contribution in [1.82, 2.24) is 15.1 Å². The van der Waals surface area contributed by atoms with E-state index in [1.54, 1.807) is 24.3 Å². The van der Waals surface area contributed by atoms with Crippen molar-refractivity contribution in [1.29, 1.82) is 0 Å². The van der Waals surface area contributed by atoms with Gasteiger partial charge >= 0.3 is 0 Å². The molecule has 4 aromatic rings. The average molecular weight is 383 g/mol. The molecule has 1 amide bonds. The minimum absolute atomic E-state index is 0.112. The number of rotatable bonds is 7. The second kappa shape index (κ2) is 8.89. The number of ether oxygens (including phenoxy) is 1. The molecule has 1 aromatic heterocycles. The summed E-state index contributed by atoms with van der Waals surface area (Å²) in [7, 11) is 0. The van der Waals surface area contributed by atoms with Crippen molar-refractivity contribution in [3.8, 4) is 17.2 Å². The maximum absolute atomic E-state index is 12.4. The van der Waals surface area contributed by atoms with Gasteiger partial charge in [-0.3, -0.25) is 4.79 Å². The minimum atomic E-state index is -0.112. The van der Waals surface area contributed by atoms with Gasteiger partial charge in [0.05, 0.1) is 11.4 Å². The largest absolute Gasteiger partial charge is 0.457 e. The third kappa shape index (κ3) is 4.90. The van der Waals surface area contributed by atoms with Crippen LogP contribution in [0.4, 0.5) is 0 Å². The van der Waals surface area contributed by atoms with Gasteiger partial charge < -0.3 is 10.1 Å². The highest BCUT2D eigenvalue weighted by Crippen LogP contribution is 2.21. The van der Waals surface area contributed by atoms with Crippen LogP contribution in [0.1, 0.15) is 16.1 Å². The summed E-state index contributed by atoms with van der Waals surface area (Å²) < 4.78 is 7.58. The van der Waals surface area contributed by atoms with Crippen LogP contribution in [-0.2, 0) is 6.42 Å². The molecule has 0 atom stereocenters. The summed E-state index contributed by atoms with van der Waals surface area (Å²) >= 11 is 0. The van der Waals surface area contributed by atoms with Crippen molar-refractivity contribution in [2.45, 2.75) is 6.42 Å². The van der Waals surface area contributed by atoms with Gasteiger partial charge in [0.25, 0.3) is 5.91 Å². The average Bonchev–Trinajstić information content (AvgIpc) is 3.24. The molecule has 4 rings (SSSR count). The Morgan fingerprint density at radius 1 is 0.828 bits per heavy atom. The second-order valence-electron chi connectivity index (χ2n) is 6.53. The van der Waals surface area contributed by atoms with Crippen molar-refractivity contribution in [3.05, 3.63) is 108 Å². The zero-order valence-corrected chi connectivity index (χ0v) is 15.9. The lowest BCUT2D eigenvalue weighted by molar-refractivity contribution is 0.0954. The van der Waals surface area contributed by atoms with Gasteiger partial charge in [-0.1, -0.05) is 36.4 Å². The summed E-state index contributed by atoms with van der Waals surface area (Å²) in [6, 6.07) is 28.6. The van der Waals surface area contributed by atoms with Crippen LogP contribution in [0.2, 0.25) is 0 Å². The molecule has 0 bridgehead atoms. The molecule has 144 valence electrons. The Hall–Kier alpha value is -3.86. The fourth-order valence-corrected chi connectivity index (χ4v) is 2.92. The van der Waals surface area contributed by atoms with Gasteiger partial charge in [0.15, 0.2) is 0 Å². The molecule has 0 saturated heterocycles. The standard InChI is InChI=1S/C24H21N3O2/c28-24(19-11-13-23(14-12-19)29-22-9-5-2-6-10-22)25-17-15-20-16-18-27(26-20)21-7-3-1-4-8-21/h1-14,16,18H,15,17H2,(H,25,28). The first kappa shape index (κ1) is 18.5. The fraction of sp³-hybridized carbons (Fsp3) is 0.0833. The summed E-state index contributed by atoms with van der Waals surface area (Å²) in [6.45, 7) is 0.521. The first-order valence-corrected chi connectivity index (χ1v) is 9.49. The summed E-state index contributed by atoms with van der Waals surface area (Å²) in [5.74, 6) is 1.34. The Balaban J connectivity index is 1.28. The highest BCUT2D eigenvalue weighted by atomic mass is 16.5. The number of nitrogens with one attached hydrogen (secondary N) is 1. The molecule has 29 heavy (non-hydrogen) atoms. The van der Waals surface area contributed by atoms with Crippen molar-refractivity contribution >= 4 is 5.91 Å². The van der Waals surface area contributed by atoms with E-state index in [0.29, 0.717) is 24.3 Å². The maximum Gasteiger partial charge on any atom is 0.251 e. The van der Waals surface area contributed by atoms with E-state index in [0.717, 1.165) is 17.1 Å². The summed E-state index contributed by atoms with van der Waals surface area (Å²) in [5, 5.41) is 7.49. The van der Waals surface area contributed by atoms with E-state index < -0.39 is 0 Å². The normalized spacial score (nSPS) is 10.5. The van der Waals surface area contributed by atoms with Crippen LogP contribution in [-0.4, -0.2) is 22.2 Å². The number of hydrogen-bond acceptors (Lipinski definition) is 3. The number of aromatic nitrogens is 2. The van der Waals surface area contributed by atoms with Crippen LogP contribution in [0.25, 0.3) is 5.69 Å². The van der Waals surface area contributed by atoms with Gasteiger partial charge in [0, 0.05) is 24.7 Å². The lowest BCUT2D eigenvalue weighted by Crippen LogP contribution is -2.25. The lowest BCUT2D eigenvalue weighted by atomic mass is 10.2. The van der Waals surface area contributed by atoms with E-state index in [-0.39, 0.29) is 5.91 Å². The number of carbonyl (C=O) groups is 1. The molecule has 3 aromatic carbocycles. The van der Waals surface area contributed by atoms with Crippen LogP contribution in [0, 0.1) is 0 Å². The van der Waals surface area contributed by atoms with E-state index in [1.165, 1.54) is 0 Å². The van der Waals surface area contributed by atoms with Gasteiger partial charge in [-0.2, -0.15) is 5.10 Å². The van der Waals surface area contributed by atoms with E-state index in [2.05, 4.69) is 10.4 Å². The predicted octanol–water partition coefficient (Wildman–Crippen LogP) is 4.64. The van der Waals surface area contributed by atoms with Crippen molar-refractivity contribution in [3.63, 3.8) is 0 Å². The number of para-hydroxylation sites is 2. The van der Waals surface area contributed by atoms with E-state index in [1.807, 2.05) is 77.6 Å². The summed E-state index contributed by atoms with van der Waals surface area (Å²) in [4.78, 5) is 12.4. The predicted molar refractivity (Wildman–Crippen MR) is 113 cm³/mol. The Morgan fingerprint density at radius 3 is 2.21 bits per heavy atom. The van der Waals surface area contributed by atoms with E-state index in [9.17, 15) is 4.79 Å². The monoisotopic (exact) mass is 383 g/mol.